The van der Waals surface area contributed by atoms with Crippen LogP contribution in [0.3, 0.4) is 0 Å². The van der Waals surface area contributed by atoms with Crippen LogP contribution in [-0.4, -0.2) is 16.8 Å². The summed E-state index contributed by atoms with van der Waals surface area (Å²) in [6.07, 6.45) is -4.65. The van der Waals surface area contributed by atoms with Crippen molar-refractivity contribution < 1.29 is 32.6 Å². The quantitative estimate of drug-likeness (QED) is 0.660. The highest BCUT2D eigenvalue weighted by atomic mass is 19.4. The normalized spacial score (nSPS) is 25.4. The predicted octanol–water partition coefficient (Wildman–Crippen LogP) is 2.05. The van der Waals surface area contributed by atoms with E-state index < -0.39 is 34.8 Å². The van der Waals surface area contributed by atoms with E-state index in [1.165, 1.54) is 18.2 Å². The molecule has 2 aliphatic rings. The third-order valence-electron chi connectivity index (χ3n) is 4.87. The van der Waals surface area contributed by atoms with Gasteiger partial charge in [0.1, 0.15) is 5.75 Å². The molecule has 4 rings (SSSR count). The van der Waals surface area contributed by atoms with Crippen molar-refractivity contribution in [1.82, 2.24) is 5.32 Å². The molecule has 1 amide bonds. The van der Waals surface area contributed by atoms with E-state index in [0.717, 1.165) is 19.1 Å². The van der Waals surface area contributed by atoms with Crippen molar-refractivity contribution in [2.75, 3.05) is 5.73 Å². The molecular formula is C18H13F3N2O4. The first-order valence-corrected chi connectivity index (χ1v) is 7.88. The minimum Gasteiger partial charge on any atom is -0.454 e. The number of Topliss-reactive ketones (excluding diaryl/α,β-unsaturated/α-hetero) is 1. The Hall–Kier alpha value is -3.07. The van der Waals surface area contributed by atoms with Crippen molar-refractivity contribution in [3.63, 3.8) is 0 Å². The summed E-state index contributed by atoms with van der Waals surface area (Å²) in [7, 11) is 0. The smallest absolute Gasteiger partial charge is 0.416 e. The van der Waals surface area contributed by atoms with Crippen LogP contribution in [0.15, 0.2) is 36.4 Å². The Morgan fingerprint density at radius 2 is 1.93 bits per heavy atom. The maximum atomic E-state index is 13.2. The number of carbonyl (C=O) groups excluding carboxylic acids is 2. The lowest BCUT2D eigenvalue weighted by Crippen LogP contribution is -2.59. The van der Waals surface area contributed by atoms with E-state index in [9.17, 15) is 27.9 Å². The predicted molar refractivity (Wildman–Crippen MR) is 86.6 cm³/mol. The number of anilines is 1. The minimum atomic E-state index is -4.65. The van der Waals surface area contributed by atoms with Crippen molar-refractivity contribution in [2.24, 2.45) is 0 Å². The van der Waals surface area contributed by atoms with Crippen LogP contribution in [0.1, 0.15) is 34.0 Å². The van der Waals surface area contributed by atoms with E-state index in [-0.39, 0.29) is 28.1 Å². The second-order valence-electron chi connectivity index (χ2n) is 6.48. The summed E-state index contributed by atoms with van der Waals surface area (Å²) < 4.78 is 44.6. The van der Waals surface area contributed by atoms with Crippen LogP contribution in [0.2, 0.25) is 0 Å². The molecule has 2 atom stereocenters. The third-order valence-corrected chi connectivity index (χ3v) is 4.87. The number of ether oxygens (including phenoxy) is 1. The zero-order valence-electron chi connectivity index (χ0n) is 13.8. The number of hydrogen-bond acceptors (Lipinski definition) is 5. The van der Waals surface area contributed by atoms with E-state index >= 15 is 0 Å². The topological polar surface area (TPSA) is 102 Å². The van der Waals surface area contributed by atoms with E-state index in [4.69, 9.17) is 10.5 Å². The largest absolute Gasteiger partial charge is 0.454 e. The second-order valence-corrected chi connectivity index (χ2v) is 6.48. The van der Waals surface area contributed by atoms with Gasteiger partial charge in [-0.1, -0.05) is 18.2 Å². The molecule has 0 aromatic heterocycles. The Kier molecular flexibility index (Phi) is 3.22. The van der Waals surface area contributed by atoms with Crippen LogP contribution in [-0.2, 0) is 22.3 Å². The van der Waals surface area contributed by atoms with Crippen molar-refractivity contribution in [1.29, 1.82) is 0 Å². The molecule has 0 saturated carbocycles. The third kappa shape index (κ3) is 2.00. The number of fused-ring (bicyclic) bond motifs is 5. The number of aliphatic hydroxyl groups is 1. The average Bonchev–Trinajstić information content (AvgIpc) is 2.91. The summed E-state index contributed by atoms with van der Waals surface area (Å²) in [5.74, 6) is -4.20. The Morgan fingerprint density at radius 3 is 2.56 bits per heavy atom. The number of hydrogen-bond donors (Lipinski definition) is 3. The first-order valence-electron chi connectivity index (χ1n) is 7.88. The number of carbonyl (C=O) groups is 2. The highest BCUT2D eigenvalue weighted by molar-refractivity contribution is 6.15. The molecule has 0 bridgehead atoms. The molecule has 9 heteroatoms. The molecule has 140 valence electrons. The highest BCUT2D eigenvalue weighted by Gasteiger charge is 2.72. The maximum Gasteiger partial charge on any atom is 0.416 e. The Morgan fingerprint density at radius 1 is 1.22 bits per heavy atom. The molecule has 0 fully saturated rings. The zero-order chi connectivity index (χ0) is 19.8. The molecule has 6 nitrogen and oxygen atoms in total. The van der Waals surface area contributed by atoms with Gasteiger partial charge in [-0.25, -0.2) is 0 Å². The standard InChI is InChI=1S/C18H13F3N2O4/c1-8(24)23-16-10-6-5-9(18(19,20)21)7-13(10)27-17(16,26)11-3-2-4-12(22)14(11)15(16)25/h2-7,26H,22H2,1H3,(H,23,24)/t16-,17-/m1/s1. The average molecular weight is 378 g/mol. The molecule has 1 aliphatic carbocycles. The highest BCUT2D eigenvalue weighted by Crippen LogP contribution is 2.59. The molecule has 0 radical (unpaired) electrons. The van der Waals surface area contributed by atoms with Gasteiger partial charge in [0, 0.05) is 23.7 Å². The van der Waals surface area contributed by atoms with Gasteiger partial charge in [-0.05, 0) is 18.2 Å². The molecule has 0 spiro atoms. The Labute approximate surface area is 150 Å². The lowest BCUT2D eigenvalue weighted by atomic mass is 9.82. The summed E-state index contributed by atoms with van der Waals surface area (Å²) in [5, 5.41) is 13.7. The molecule has 1 aliphatic heterocycles. The van der Waals surface area contributed by atoms with E-state index in [0.29, 0.717) is 6.07 Å². The molecule has 27 heavy (non-hydrogen) atoms. The van der Waals surface area contributed by atoms with Crippen molar-refractivity contribution in [3.05, 3.63) is 58.7 Å². The van der Waals surface area contributed by atoms with Crippen LogP contribution in [0.25, 0.3) is 0 Å². The molecule has 1 heterocycles. The van der Waals surface area contributed by atoms with Gasteiger partial charge in [0.2, 0.25) is 17.2 Å². The number of ketones is 1. The molecule has 4 N–H and O–H groups in total. The van der Waals surface area contributed by atoms with E-state index in [2.05, 4.69) is 5.32 Å². The zero-order valence-corrected chi connectivity index (χ0v) is 13.8. The fraction of sp³-hybridized carbons (Fsp3) is 0.222. The van der Waals surface area contributed by atoms with E-state index in [1.54, 1.807) is 0 Å². The molecular weight excluding hydrogens is 365 g/mol. The van der Waals surface area contributed by atoms with Crippen molar-refractivity contribution >= 4 is 17.4 Å². The van der Waals surface area contributed by atoms with Gasteiger partial charge in [-0.2, -0.15) is 13.2 Å². The van der Waals surface area contributed by atoms with Gasteiger partial charge in [-0.15, -0.1) is 0 Å². The fourth-order valence-electron chi connectivity index (χ4n) is 3.81. The van der Waals surface area contributed by atoms with Gasteiger partial charge >= 0.3 is 6.18 Å². The van der Waals surface area contributed by atoms with Crippen LogP contribution in [0, 0.1) is 0 Å². The number of nitrogens with two attached hydrogens (primary N) is 1. The number of amides is 1. The molecule has 0 saturated heterocycles. The summed E-state index contributed by atoms with van der Waals surface area (Å²) in [6.45, 7) is 1.12. The van der Waals surface area contributed by atoms with E-state index in [1.807, 2.05) is 0 Å². The monoisotopic (exact) mass is 378 g/mol. The van der Waals surface area contributed by atoms with Crippen LogP contribution >= 0.6 is 0 Å². The first-order chi connectivity index (χ1) is 12.5. The van der Waals surface area contributed by atoms with Gasteiger partial charge in [-0.3, -0.25) is 9.59 Å². The summed E-state index contributed by atoms with van der Waals surface area (Å²) in [5.41, 5.74) is 2.64. The number of alkyl halides is 3. The Bertz CT molecular complexity index is 1020. The van der Waals surface area contributed by atoms with Gasteiger partial charge in [0.15, 0.2) is 0 Å². The molecule has 2 aromatic carbocycles. The Balaban J connectivity index is 2.02. The first kappa shape index (κ1) is 17.3. The maximum absolute atomic E-state index is 13.2. The summed E-state index contributed by atoms with van der Waals surface area (Å²) >= 11 is 0. The SMILES string of the molecule is CC(=O)N[C@]12C(=O)c3c(N)cccc3[C@@]1(O)Oc1cc(C(F)(F)F)ccc12. The van der Waals surface area contributed by atoms with Crippen molar-refractivity contribution in [3.8, 4) is 5.75 Å². The second kappa shape index (κ2) is 5.01. The number of benzene rings is 2. The molecule has 0 unspecified atom stereocenters. The number of rotatable bonds is 1. The van der Waals surface area contributed by atoms with Gasteiger partial charge in [0.25, 0.3) is 5.79 Å². The summed E-state index contributed by atoms with van der Waals surface area (Å²) in [6, 6.07) is 6.76. The summed E-state index contributed by atoms with van der Waals surface area (Å²) in [4.78, 5) is 25.1. The molecule has 2 aromatic rings. The number of nitrogen functional groups attached to an aromatic ring is 1. The number of halogens is 3. The number of nitrogens with one attached hydrogen (secondary N) is 1. The fourth-order valence-corrected chi connectivity index (χ4v) is 3.81. The minimum absolute atomic E-state index is 0.0222. The van der Waals surface area contributed by atoms with Crippen LogP contribution in [0.5, 0.6) is 5.75 Å². The lowest BCUT2D eigenvalue weighted by Gasteiger charge is -2.34. The van der Waals surface area contributed by atoms with Crippen LogP contribution in [0.4, 0.5) is 18.9 Å². The van der Waals surface area contributed by atoms with Gasteiger partial charge < -0.3 is 20.9 Å². The lowest BCUT2D eigenvalue weighted by molar-refractivity contribution is -0.175. The van der Waals surface area contributed by atoms with Gasteiger partial charge in [0.05, 0.1) is 11.1 Å². The van der Waals surface area contributed by atoms with Crippen LogP contribution < -0.4 is 15.8 Å². The van der Waals surface area contributed by atoms with Crippen molar-refractivity contribution in [2.45, 2.75) is 24.4 Å².